The molecule has 43 heavy (non-hydrogen) atoms. The predicted molar refractivity (Wildman–Crippen MR) is 157 cm³/mol. The Morgan fingerprint density at radius 1 is 1.07 bits per heavy atom. The minimum Gasteiger partial charge on any atom is -0.353 e. The highest BCUT2D eigenvalue weighted by Crippen LogP contribution is 2.53. The Morgan fingerprint density at radius 3 is 2.42 bits per heavy atom. The number of carbonyl (C=O) groups excluding carboxylic acids is 5. The smallest absolute Gasteiger partial charge is 0.287 e. The van der Waals surface area contributed by atoms with Crippen molar-refractivity contribution in [2.45, 2.75) is 76.9 Å². The van der Waals surface area contributed by atoms with E-state index in [1.54, 1.807) is 6.07 Å². The van der Waals surface area contributed by atoms with Gasteiger partial charge in [-0.05, 0) is 92.3 Å². The van der Waals surface area contributed by atoms with Gasteiger partial charge in [-0.15, -0.1) is 5.10 Å². The summed E-state index contributed by atoms with van der Waals surface area (Å²) < 4.78 is 5.03. The molecule has 0 aromatic carbocycles. The van der Waals surface area contributed by atoms with Gasteiger partial charge in [0.2, 0.25) is 17.6 Å². The predicted octanol–water partition coefficient (Wildman–Crippen LogP) is 1.04. The molecule has 4 bridgehead atoms. The van der Waals surface area contributed by atoms with Crippen LogP contribution in [0, 0.1) is 23.7 Å². The number of amides is 4. The summed E-state index contributed by atoms with van der Waals surface area (Å²) in [6.45, 7) is 1.62. The topological polar surface area (TPSA) is 181 Å². The fourth-order valence-corrected chi connectivity index (χ4v) is 7.81. The van der Waals surface area contributed by atoms with Gasteiger partial charge >= 0.3 is 0 Å². The van der Waals surface area contributed by atoms with E-state index in [1.807, 2.05) is 6.92 Å². The van der Waals surface area contributed by atoms with Crippen molar-refractivity contribution in [3.05, 3.63) is 39.3 Å². The van der Waals surface area contributed by atoms with E-state index in [1.165, 1.54) is 30.3 Å². The summed E-state index contributed by atoms with van der Waals surface area (Å²) in [7, 11) is 1.32. The standard InChI is InChI=1S/C29H37N7O6S/c1-3-19-25(43-35-34-19)28(41)31-20(6-7-22(37)27(40)30-2)26(39)32-21-5-4-8-36(29(21)42)14-23(38)33-24-17-10-15-9-16(12-17)13-18(24)11-15/h4-5,8,15-18,20,24H,3,6-7,9-14H2,1-2H3,(H,30,40)(H,31,41)(H,32,39)(H,33,38)/t15?,16?,17?,18?,20-,24?/m0/s1. The first-order valence-electron chi connectivity index (χ1n) is 14.8. The summed E-state index contributed by atoms with van der Waals surface area (Å²) in [6, 6.07) is 1.85. The Labute approximate surface area is 252 Å². The molecule has 4 aliphatic carbocycles. The number of ketones is 1. The molecule has 13 nitrogen and oxygen atoms in total. The number of nitrogens with one attached hydrogen (secondary N) is 4. The Balaban J connectivity index is 1.25. The van der Waals surface area contributed by atoms with Crippen LogP contribution in [0.3, 0.4) is 0 Å². The maximum Gasteiger partial charge on any atom is 0.287 e. The van der Waals surface area contributed by atoms with Gasteiger partial charge in [-0.1, -0.05) is 11.4 Å². The van der Waals surface area contributed by atoms with Crippen LogP contribution in [0.1, 0.15) is 67.2 Å². The molecule has 4 fully saturated rings. The summed E-state index contributed by atoms with van der Waals surface area (Å²) in [4.78, 5) is 76.6. The van der Waals surface area contributed by atoms with Gasteiger partial charge in [0.15, 0.2) is 0 Å². The van der Waals surface area contributed by atoms with E-state index in [0.29, 0.717) is 24.0 Å². The number of hydrogen-bond donors (Lipinski definition) is 4. The van der Waals surface area contributed by atoms with Crippen LogP contribution in [0.4, 0.5) is 5.69 Å². The maximum atomic E-state index is 13.3. The lowest BCUT2D eigenvalue weighted by atomic mass is 9.54. The zero-order valence-electron chi connectivity index (χ0n) is 24.3. The van der Waals surface area contributed by atoms with Crippen molar-refractivity contribution >= 4 is 46.6 Å². The Kier molecular flexibility index (Phi) is 9.33. The molecule has 230 valence electrons. The SMILES string of the molecule is CCc1nnsc1C(=O)N[C@@H](CCC(=O)C(=O)NC)C(=O)Nc1cccn(CC(=O)NC2C3CC4CC(C3)CC2C4)c1=O. The van der Waals surface area contributed by atoms with Crippen molar-refractivity contribution < 1.29 is 24.0 Å². The molecule has 0 unspecified atom stereocenters. The quantitative estimate of drug-likeness (QED) is 0.257. The van der Waals surface area contributed by atoms with Gasteiger partial charge < -0.3 is 25.8 Å². The molecule has 0 aliphatic heterocycles. The highest BCUT2D eigenvalue weighted by Gasteiger charge is 2.48. The number of aryl methyl sites for hydroxylation is 1. The zero-order valence-corrected chi connectivity index (χ0v) is 25.1. The van der Waals surface area contributed by atoms with Crippen LogP contribution in [-0.4, -0.2) is 62.7 Å². The minimum absolute atomic E-state index is 0.0829. The minimum atomic E-state index is -1.25. The second-order valence-corrected chi connectivity index (χ2v) is 12.6. The average molecular weight is 612 g/mol. The number of nitrogens with zero attached hydrogens (tertiary/aromatic N) is 3. The average Bonchev–Trinajstić information content (AvgIpc) is 3.47. The van der Waals surface area contributed by atoms with Crippen molar-refractivity contribution in [2.24, 2.45) is 23.7 Å². The molecule has 0 saturated heterocycles. The third-order valence-corrected chi connectivity index (χ3v) is 9.77. The van der Waals surface area contributed by atoms with E-state index in [9.17, 15) is 28.8 Å². The van der Waals surface area contributed by atoms with Crippen molar-refractivity contribution in [1.29, 1.82) is 0 Å². The van der Waals surface area contributed by atoms with Gasteiger partial charge in [0.25, 0.3) is 17.4 Å². The van der Waals surface area contributed by atoms with Crippen LogP contribution in [0.2, 0.25) is 0 Å². The number of pyridine rings is 1. The summed E-state index contributed by atoms with van der Waals surface area (Å²) in [5, 5.41) is 14.5. The molecule has 4 N–H and O–H groups in total. The third kappa shape index (κ3) is 6.84. The molecule has 4 amide bonds. The summed E-state index contributed by atoms with van der Waals surface area (Å²) >= 11 is 0.875. The van der Waals surface area contributed by atoms with Crippen LogP contribution in [-0.2, 0) is 32.1 Å². The number of aromatic nitrogens is 3. The van der Waals surface area contributed by atoms with Crippen molar-refractivity contribution in [3.63, 3.8) is 0 Å². The number of hydrogen-bond acceptors (Lipinski definition) is 9. The van der Waals surface area contributed by atoms with Crippen LogP contribution >= 0.6 is 11.5 Å². The molecule has 2 aromatic heterocycles. The second kappa shape index (κ2) is 13.1. The van der Waals surface area contributed by atoms with Gasteiger partial charge in [0.05, 0.1) is 5.69 Å². The van der Waals surface area contributed by atoms with Gasteiger partial charge in [-0.2, -0.15) is 0 Å². The summed E-state index contributed by atoms with van der Waals surface area (Å²) in [5.41, 5.74) is -0.205. The van der Waals surface area contributed by atoms with Gasteiger partial charge in [0.1, 0.15) is 23.2 Å². The molecular formula is C29H37N7O6S. The Hall–Kier alpha value is -3.94. The molecule has 2 aromatic rings. The lowest BCUT2D eigenvalue weighted by Crippen LogP contribution is -2.56. The van der Waals surface area contributed by atoms with Gasteiger partial charge in [-0.3, -0.25) is 28.8 Å². The van der Waals surface area contributed by atoms with Gasteiger partial charge in [-0.25, -0.2) is 0 Å². The molecule has 4 aliphatic rings. The van der Waals surface area contributed by atoms with Crippen LogP contribution in [0.25, 0.3) is 0 Å². The first-order chi connectivity index (χ1) is 20.7. The van der Waals surface area contributed by atoms with E-state index < -0.39 is 35.1 Å². The Morgan fingerprint density at radius 2 is 1.77 bits per heavy atom. The molecule has 1 atom stereocenters. The van der Waals surface area contributed by atoms with Crippen molar-refractivity contribution in [1.82, 2.24) is 30.1 Å². The third-order valence-electron chi connectivity index (χ3n) is 9.01. The molecule has 0 spiro atoms. The first-order valence-corrected chi connectivity index (χ1v) is 15.6. The fraction of sp³-hybridized carbons (Fsp3) is 0.586. The maximum absolute atomic E-state index is 13.3. The number of anilines is 1. The molecule has 6 rings (SSSR count). The number of Topliss-reactive ketones (excluding diaryl/α,β-unsaturated/α-hetero) is 1. The normalized spacial score (nSPS) is 24.2. The molecule has 14 heteroatoms. The highest BCUT2D eigenvalue weighted by molar-refractivity contribution is 7.08. The van der Waals surface area contributed by atoms with Crippen molar-refractivity contribution in [2.75, 3.05) is 12.4 Å². The van der Waals surface area contributed by atoms with Crippen LogP contribution in [0.15, 0.2) is 23.1 Å². The van der Waals surface area contributed by atoms with E-state index >= 15 is 0 Å². The molecule has 4 saturated carbocycles. The highest BCUT2D eigenvalue weighted by atomic mass is 32.1. The first kappa shape index (κ1) is 30.5. The Bertz CT molecular complexity index is 1440. The summed E-state index contributed by atoms with van der Waals surface area (Å²) in [6.07, 6.45) is 7.38. The van der Waals surface area contributed by atoms with Crippen LogP contribution in [0.5, 0.6) is 0 Å². The van der Waals surface area contributed by atoms with Crippen LogP contribution < -0.4 is 26.8 Å². The lowest BCUT2D eigenvalue weighted by Gasteiger charge is -2.54. The number of carbonyl (C=O) groups is 5. The van der Waals surface area contributed by atoms with Crippen molar-refractivity contribution in [3.8, 4) is 0 Å². The number of likely N-dealkylation sites (N-methyl/N-ethyl adjacent to an activating group) is 1. The summed E-state index contributed by atoms with van der Waals surface area (Å²) in [5.74, 6) is -0.613. The van der Waals surface area contributed by atoms with E-state index in [-0.39, 0.29) is 41.9 Å². The number of rotatable bonds is 12. The van der Waals surface area contributed by atoms with Gasteiger partial charge in [0, 0.05) is 25.7 Å². The van der Waals surface area contributed by atoms with E-state index in [4.69, 9.17) is 0 Å². The molecule has 0 radical (unpaired) electrons. The monoisotopic (exact) mass is 611 g/mol. The molecule has 2 heterocycles. The zero-order chi connectivity index (χ0) is 30.7. The second-order valence-electron chi connectivity index (χ2n) is 11.8. The molecular weight excluding hydrogens is 574 g/mol. The van der Waals surface area contributed by atoms with E-state index in [0.717, 1.165) is 49.1 Å². The lowest BCUT2D eigenvalue weighted by molar-refractivity contribution is -0.137. The fourth-order valence-electron chi connectivity index (χ4n) is 7.16. The largest absolute Gasteiger partial charge is 0.353 e. The van der Waals surface area contributed by atoms with E-state index in [2.05, 4.69) is 30.9 Å².